The van der Waals surface area contributed by atoms with Gasteiger partial charge in [-0.2, -0.15) is 10.4 Å². The van der Waals surface area contributed by atoms with Crippen LogP contribution >= 0.6 is 0 Å². The van der Waals surface area contributed by atoms with Gasteiger partial charge in [0.15, 0.2) is 0 Å². The molecule has 1 aliphatic rings. The fourth-order valence-corrected chi connectivity index (χ4v) is 2.59. The van der Waals surface area contributed by atoms with E-state index in [2.05, 4.69) is 28.0 Å². The minimum absolute atomic E-state index is 0.160. The highest BCUT2D eigenvalue weighted by Crippen LogP contribution is 2.26. The van der Waals surface area contributed by atoms with Crippen molar-refractivity contribution in [2.24, 2.45) is 7.05 Å². The summed E-state index contributed by atoms with van der Waals surface area (Å²) in [5, 5.41) is 13.9. The predicted molar refractivity (Wildman–Crippen MR) is 70.1 cm³/mol. The average molecular weight is 247 g/mol. The zero-order valence-electron chi connectivity index (χ0n) is 11.6. The molecule has 1 aliphatic heterocycles. The third kappa shape index (κ3) is 2.26. The number of nitriles is 1. The first-order valence-corrected chi connectivity index (χ1v) is 6.37. The topological polar surface area (TPSA) is 48.1 Å². The van der Waals surface area contributed by atoms with E-state index in [1.807, 2.05) is 25.6 Å². The Balaban J connectivity index is 2.26. The first kappa shape index (κ1) is 13.1. The molecular weight excluding hydrogens is 226 g/mol. The number of likely N-dealkylation sites (N-methyl/N-ethyl adjacent to an activating group) is 1. The molecule has 1 fully saturated rings. The summed E-state index contributed by atoms with van der Waals surface area (Å²) in [6.45, 7) is 7.97. The zero-order chi connectivity index (χ0) is 13.3. The summed E-state index contributed by atoms with van der Waals surface area (Å²) < 4.78 is 1.87. The van der Waals surface area contributed by atoms with E-state index in [-0.39, 0.29) is 6.04 Å². The van der Waals surface area contributed by atoms with Gasteiger partial charge in [0.05, 0.1) is 11.8 Å². The molecule has 2 heterocycles. The van der Waals surface area contributed by atoms with Crippen LogP contribution in [-0.2, 0) is 7.05 Å². The maximum Gasteiger partial charge on any atom is 0.127 e. The molecule has 2 rings (SSSR count). The van der Waals surface area contributed by atoms with Crippen molar-refractivity contribution in [3.05, 3.63) is 17.0 Å². The fraction of sp³-hybridized carbons (Fsp3) is 0.692. The highest BCUT2D eigenvalue weighted by Gasteiger charge is 2.28. The van der Waals surface area contributed by atoms with Crippen LogP contribution in [0.15, 0.2) is 0 Å². The molecule has 5 nitrogen and oxygen atoms in total. The van der Waals surface area contributed by atoms with E-state index in [1.54, 1.807) is 0 Å². The molecule has 0 radical (unpaired) electrons. The summed E-state index contributed by atoms with van der Waals surface area (Å²) in [7, 11) is 4.06. The third-order valence-corrected chi connectivity index (χ3v) is 3.86. The maximum absolute atomic E-state index is 9.51. The Labute approximate surface area is 109 Å². The summed E-state index contributed by atoms with van der Waals surface area (Å²) >= 11 is 0. The number of piperazine rings is 1. The van der Waals surface area contributed by atoms with Gasteiger partial charge in [-0.25, -0.2) is 0 Å². The molecule has 0 aromatic carbocycles. The van der Waals surface area contributed by atoms with Crippen molar-refractivity contribution >= 4 is 0 Å². The lowest BCUT2D eigenvalue weighted by Gasteiger charge is -2.35. The monoisotopic (exact) mass is 247 g/mol. The summed E-state index contributed by atoms with van der Waals surface area (Å²) in [4.78, 5) is 4.56. The number of hydrogen-bond donors (Lipinski definition) is 0. The van der Waals surface area contributed by atoms with Crippen molar-refractivity contribution in [3.63, 3.8) is 0 Å². The molecule has 0 bridgehead atoms. The normalized spacial score (nSPS) is 19.7. The van der Waals surface area contributed by atoms with E-state index in [0.717, 1.165) is 43.1 Å². The lowest BCUT2D eigenvalue weighted by molar-refractivity contribution is 0.132. The molecule has 1 aromatic heterocycles. The van der Waals surface area contributed by atoms with E-state index in [0.29, 0.717) is 0 Å². The Hall–Kier alpha value is -1.38. The lowest BCUT2D eigenvalue weighted by Crippen LogP contribution is -2.45. The molecule has 0 N–H and O–H groups in total. The van der Waals surface area contributed by atoms with Crippen LogP contribution in [0.1, 0.15) is 23.0 Å². The Bertz CT molecular complexity index is 462. The van der Waals surface area contributed by atoms with Gasteiger partial charge in [-0.1, -0.05) is 0 Å². The molecular formula is C13H21N5. The first-order valence-electron chi connectivity index (χ1n) is 6.37. The molecule has 18 heavy (non-hydrogen) atoms. The first-order chi connectivity index (χ1) is 8.54. The second kappa shape index (κ2) is 5.09. The summed E-state index contributed by atoms with van der Waals surface area (Å²) in [6.07, 6.45) is 0. The van der Waals surface area contributed by atoms with Gasteiger partial charge in [0.1, 0.15) is 6.04 Å². The molecule has 0 spiro atoms. The smallest absolute Gasteiger partial charge is 0.127 e. The largest absolute Gasteiger partial charge is 0.304 e. The van der Waals surface area contributed by atoms with Crippen LogP contribution in [0.2, 0.25) is 0 Å². The third-order valence-electron chi connectivity index (χ3n) is 3.86. The van der Waals surface area contributed by atoms with Gasteiger partial charge in [0.25, 0.3) is 0 Å². The molecule has 5 heteroatoms. The minimum atomic E-state index is -0.160. The van der Waals surface area contributed by atoms with Gasteiger partial charge in [-0.3, -0.25) is 9.58 Å². The van der Waals surface area contributed by atoms with E-state index in [4.69, 9.17) is 0 Å². The van der Waals surface area contributed by atoms with Crippen molar-refractivity contribution in [2.45, 2.75) is 19.9 Å². The number of rotatable bonds is 2. The second-order valence-electron chi connectivity index (χ2n) is 5.08. The Morgan fingerprint density at radius 1 is 1.17 bits per heavy atom. The van der Waals surface area contributed by atoms with Crippen LogP contribution in [-0.4, -0.2) is 52.8 Å². The van der Waals surface area contributed by atoms with Crippen molar-refractivity contribution < 1.29 is 0 Å². The predicted octanol–water partition coefficient (Wildman–Crippen LogP) is 0.849. The average Bonchev–Trinajstić information content (AvgIpc) is 2.59. The van der Waals surface area contributed by atoms with Gasteiger partial charge in [0, 0.05) is 44.5 Å². The van der Waals surface area contributed by atoms with E-state index >= 15 is 0 Å². The van der Waals surface area contributed by atoms with Crippen LogP contribution < -0.4 is 0 Å². The second-order valence-corrected chi connectivity index (χ2v) is 5.08. The van der Waals surface area contributed by atoms with Crippen molar-refractivity contribution in [3.8, 4) is 6.07 Å². The fourth-order valence-electron chi connectivity index (χ4n) is 2.59. The molecule has 0 aliphatic carbocycles. The van der Waals surface area contributed by atoms with E-state index < -0.39 is 0 Å². The Kier molecular flexibility index (Phi) is 3.69. The SMILES string of the molecule is Cc1nn(C)c(C)c1C(C#N)N1CCN(C)CC1. The molecule has 1 atom stereocenters. The van der Waals surface area contributed by atoms with Crippen molar-refractivity contribution in [1.29, 1.82) is 5.26 Å². The highest BCUT2D eigenvalue weighted by atomic mass is 15.3. The Morgan fingerprint density at radius 2 is 1.78 bits per heavy atom. The van der Waals surface area contributed by atoms with Gasteiger partial charge >= 0.3 is 0 Å². The number of hydrogen-bond acceptors (Lipinski definition) is 4. The van der Waals surface area contributed by atoms with Crippen LogP contribution in [0.3, 0.4) is 0 Å². The van der Waals surface area contributed by atoms with Gasteiger partial charge in [-0.15, -0.1) is 0 Å². The van der Waals surface area contributed by atoms with Crippen molar-refractivity contribution in [2.75, 3.05) is 33.2 Å². The number of aromatic nitrogens is 2. The van der Waals surface area contributed by atoms with Gasteiger partial charge in [0.2, 0.25) is 0 Å². The van der Waals surface area contributed by atoms with E-state index in [1.165, 1.54) is 0 Å². The molecule has 1 aromatic rings. The minimum Gasteiger partial charge on any atom is -0.304 e. The van der Waals surface area contributed by atoms with Gasteiger partial charge in [-0.05, 0) is 20.9 Å². The Morgan fingerprint density at radius 3 is 2.22 bits per heavy atom. The molecule has 1 unspecified atom stereocenters. The lowest BCUT2D eigenvalue weighted by atomic mass is 10.0. The van der Waals surface area contributed by atoms with E-state index in [9.17, 15) is 5.26 Å². The number of nitrogens with zero attached hydrogens (tertiary/aromatic N) is 5. The number of aryl methyl sites for hydroxylation is 2. The van der Waals surface area contributed by atoms with Crippen LogP contribution in [0.5, 0.6) is 0 Å². The highest BCUT2D eigenvalue weighted by molar-refractivity contribution is 5.32. The van der Waals surface area contributed by atoms with Crippen LogP contribution in [0, 0.1) is 25.2 Å². The van der Waals surface area contributed by atoms with Crippen LogP contribution in [0.4, 0.5) is 0 Å². The zero-order valence-corrected chi connectivity index (χ0v) is 11.6. The maximum atomic E-state index is 9.51. The van der Waals surface area contributed by atoms with Crippen molar-refractivity contribution in [1.82, 2.24) is 19.6 Å². The summed E-state index contributed by atoms with van der Waals surface area (Å²) in [5.41, 5.74) is 3.16. The van der Waals surface area contributed by atoms with Crippen LogP contribution in [0.25, 0.3) is 0 Å². The van der Waals surface area contributed by atoms with Gasteiger partial charge < -0.3 is 4.90 Å². The molecule has 98 valence electrons. The molecule has 0 amide bonds. The quantitative estimate of drug-likeness (QED) is 0.777. The molecule has 1 saturated heterocycles. The summed E-state index contributed by atoms with van der Waals surface area (Å²) in [5.74, 6) is 0. The molecule has 0 saturated carbocycles. The summed E-state index contributed by atoms with van der Waals surface area (Å²) in [6, 6.07) is 2.29. The standard InChI is InChI=1S/C13H21N5/c1-10-13(11(2)17(4)15-10)12(9-14)18-7-5-16(3)6-8-18/h12H,5-8H2,1-4H3.